The van der Waals surface area contributed by atoms with Gasteiger partial charge in [-0.2, -0.15) is 0 Å². The number of benzene rings is 1. The van der Waals surface area contributed by atoms with E-state index < -0.39 is 5.97 Å². The van der Waals surface area contributed by atoms with Crippen LogP contribution in [-0.2, 0) is 4.79 Å². The predicted octanol–water partition coefficient (Wildman–Crippen LogP) is 2.34. The van der Waals surface area contributed by atoms with Crippen LogP contribution in [-0.4, -0.2) is 18.2 Å². The molecule has 0 spiro atoms. The van der Waals surface area contributed by atoms with Crippen molar-refractivity contribution in [2.45, 2.75) is 33.2 Å². The van der Waals surface area contributed by atoms with Crippen LogP contribution in [0.4, 0.5) is 0 Å². The van der Waals surface area contributed by atoms with Crippen molar-refractivity contribution in [3.05, 3.63) is 28.3 Å². The maximum Gasteiger partial charge on any atom is 0.306 e. The summed E-state index contributed by atoms with van der Waals surface area (Å²) in [5, 5.41) is 9.00. The summed E-state index contributed by atoms with van der Waals surface area (Å²) < 4.78 is 5.39. The quantitative estimate of drug-likeness (QED) is 0.874. The molecule has 1 aliphatic rings. The third-order valence-electron chi connectivity index (χ3n) is 4.25. The number of aliphatic carboxylic acids is 1. The van der Waals surface area contributed by atoms with Gasteiger partial charge in [-0.05, 0) is 55.4 Å². The zero-order chi connectivity index (χ0) is 14.3. The first-order valence-corrected chi connectivity index (χ1v) is 6.51. The van der Waals surface area contributed by atoms with E-state index in [9.17, 15) is 4.79 Å². The Kier molecular flexibility index (Phi) is 3.54. The Morgan fingerprint density at radius 1 is 1.42 bits per heavy atom. The molecule has 3 unspecified atom stereocenters. The molecule has 1 aliphatic carbocycles. The smallest absolute Gasteiger partial charge is 0.306 e. The second kappa shape index (κ2) is 4.85. The summed E-state index contributed by atoms with van der Waals surface area (Å²) in [6.45, 7) is 6.02. The van der Waals surface area contributed by atoms with Crippen molar-refractivity contribution in [3.8, 4) is 5.75 Å². The fraction of sp³-hybridized carbons (Fsp3) is 0.533. The van der Waals surface area contributed by atoms with Gasteiger partial charge in [0.15, 0.2) is 0 Å². The molecule has 0 bridgehead atoms. The van der Waals surface area contributed by atoms with E-state index >= 15 is 0 Å². The normalized spacial score (nSPS) is 23.0. The first-order chi connectivity index (χ1) is 8.88. The van der Waals surface area contributed by atoms with Gasteiger partial charge in [-0.25, -0.2) is 0 Å². The number of hydrogen-bond donors (Lipinski definition) is 2. The molecule has 0 heterocycles. The van der Waals surface area contributed by atoms with Crippen LogP contribution in [0.25, 0.3) is 0 Å². The van der Waals surface area contributed by atoms with Crippen LogP contribution in [0.1, 0.15) is 34.7 Å². The highest BCUT2D eigenvalue weighted by molar-refractivity contribution is 5.73. The van der Waals surface area contributed by atoms with Crippen LogP contribution in [0.5, 0.6) is 5.75 Å². The molecule has 1 aromatic carbocycles. The summed E-state index contributed by atoms with van der Waals surface area (Å²) in [6.07, 6.45) is 0.681. The van der Waals surface area contributed by atoms with E-state index in [0.29, 0.717) is 6.42 Å². The van der Waals surface area contributed by atoms with Gasteiger partial charge >= 0.3 is 5.97 Å². The fourth-order valence-corrected chi connectivity index (χ4v) is 2.88. The molecular weight excluding hydrogens is 242 g/mol. The van der Waals surface area contributed by atoms with Crippen LogP contribution in [0, 0.1) is 32.6 Å². The number of carboxylic acids is 1. The van der Waals surface area contributed by atoms with E-state index in [-0.39, 0.29) is 17.9 Å². The number of nitrogens with two attached hydrogens (primary N) is 1. The minimum absolute atomic E-state index is 0.0587. The Morgan fingerprint density at radius 3 is 2.53 bits per heavy atom. The van der Waals surface area contributed by atoms with Crippen molar-refractivity contribution in [2.24, 2.45) is 17.6 Å². The van der Waals surface area contributed by atoms with E-state index in [4.69, 9.17) is 15.6 Å². The molecule has 0 amide bonds. The zero-order valence-corrected chi connectivity index (χ0v) is 11.9. The molecule has 0 radical (unpaired) electrons. The van der Waals surface area contributed by atoms with Crippen molar-refractivity contribution < 1.29 is 14.6 Å². The molecule has 0 aromatic heterocycles. The highest BCUT2D eigenvalue weighted by Gasteiger charge is 2.47. The lowest BCUT2D eigenvalue weighted by atomic mass is 9.91. The lowest BCUT2D eigenvalue weighted by molar-refractivity contribution is -0.138. The van der Waals surface area contributed by atoms with Crippen LogP contribution >= 0.6 is 0 Å². The standard InChI is InChI=1S/C15H21NO3/c1-7-5-10(8(2)9(3)14(7)19-4)13(16)11-6-12(11)15(17)18/h5,11-13H,6,16H2,1-4H3,(H,17,18). The monoisotopic (exact) mass is 263 g/mol. The lowest BCUT2D eigenvalue weighted by Crippen LogP contribution is -2.18. The van der Waals surface area contributed by atoms with Gasteiger partial charge < -0.3 is 15.6 Å². The van der Waals surface area contributed by atoms with Gasteiger partial charge in [0.1, 0.15) is 5.75 Å². The number of carboxylic acid groups (broad SMARTS) is 1. The molecule has 0 saturated heterocycles. The molecule has 4 heteroatoms. The van der Waals surface area contributed by atoms with Gasteiger partial charge in [0.05, 0.1) is 13.0 Å². The van der Waals surface area contributed by atoms with Crippen molar-refractivity contribution >= 4 is 5.97 Å². The number of ether oxygens (including phenoxy) is 1. The molecule has 3 N–H and O–H groups in total. The summed E-state index contributed by atoms with van der Waals surface area (Å²) in [5.74, 6) is -0.0698. The van der Waals surface area contributed by atoms with E-state index in [1.807, 2.05) is 26.8 Å². The van der Waals surface area contributed by atoms with Gasteiger partial charge in [0.2, 0.25) is 0 Å². The van der Waals surface area contributed by atoms with Gasteiger partial charge in [0, 0.05) is 6.04 Å². The first kappa shape index (κ1) is 13.9. The summed E-state index contributed by atoms with van der Waals surface area (Å²) >= 11 is 0. The number of rotatable bonds is 4. The van der Waals surface area contributed by atoms with Crippen molar-refractivity contribution in [1.29, 1.82) is 0 Å². The molecule has 1 saturated carbocycles. The average molecular weight is 263 g/mol. The maximum atomic E-state index is 11.0. The molecular formula is C15H21NO3. The second-order valence-electron chi connectivity index (χ2n) is 5.44. The van der Waals surface area contributed by atoms with Gasteiger partial charge in [-0.1, -0.05) is 6.07 Å². The predicted molar refractivity (Wildman–Crippen MR) is 73.4 cm³/mol. The van der Waals surface area contributed by atoms with Crippen molar-refractivity contribution in [2.75, 3.05) is 7.11 Å². The van der Waals surface area contributed by atoms with E-state index in [1.165, 1.54) is 0 Å². The Bertz CT molecular complexity index is 525. The summed E-state index contributed by atoms with van der Waals surface area (Å²) in [7, 11) is 1.66. The lowest BCUT2D eigenvalue weighted by Gasteiger charge is -2.20. The summed E-state index contributed by atoms with van der Waals surface area (Å²) in [5.41, 5.74) is 10.5. The topological polar surface area (TPSA) is 72.5 Å². The minimum Gasteiger partial charge on any atom is -0.496 e. The fourth-order valence-electron chi connectivity index (χ4n) is 2.88. The van der Waals surface area contributed by atoms with Gasteiger partial charge in [0.25, 0.3) is 0 Å². The van der Waals surface area contributed by atoms with Crippen molar-refractivity contribution in [1.82, 2.24) is 0 Å². The Balaban J connectivity index is 2.34. The Morgan fingerprint density at radius 2 is 2.05 bits per heavy atom. The third-order valence-corrected chi connectivity index (χ3v) is 4.25. The third kappa shape index (κ3) is 2.32. The molecule has 1 fully saturated rings. The Labute approximate surface area is 113 Å². The summed E-state index contributed by atoms with van der Waals surface area (Å²) in [4.78, 5) is 11.0. The molecule has 19 heavy (non-hydrogen) atoms. The number of hydrogen-bond acceptors (Lipinski definition) is 3. The molecule has 4 nitrogen and oxygen atoms in total. The average Bonchev–Trinajstić information content (AvgIpc) is 3.14. The number of aryl methyl sites for hydroxylation is 1. The minimum atomic E-state index is -0.736. The Hall–Kier alpha value is -1.55. The number of methoxy groups -OCH3 is 1. The SMILES string of the molecule is COc1c(C)cc(C(N)C2CC2C(=O)O)c(C)c1C. The van der Waals surface area contributed by atoms with E-state index in [1.54, 1.807) is 7.11 Å². The zero-order valence-electron chi connectivity index (χ0n) is 11.9. The molecule has 0 aliphatic heterocycles. The van der Waals surface area contributed by atoms with Gasteiger partial charge in [-0.3, -0.25) is 4.79 Å². The molecule has 2 rings (SSSR count). The largest absolute Gasteiger partial charge is 0.496 e. The van der Waals surface area contributed by atoms with Crippen LogP contribution in [0.2, 0.25) is 0 Å². The van der Waals surface area contributed by atoms with E-state index in [0.717, 1.165) is 28.0 Å². The second-order valence-corrected chi connectivity index (χ2v) is 5.44. The highest BCUT2D eigenvalue weighted by atomic mass is 16.5. The van der Waals surface area contributed by atoms with Gasteiger partial charge in [-0.15, -0.1) is 0 Å². The summed E-state index contributed by atoms with van der Waals surface area (Å²) in [6, 6.07) is 1.83. The maximum absolute atomic E-state index is 11.0. The highest BCUT2D eigenvalue weighted by Crippen LogP contribution is 2.47. The molecule has 3 atom stereocenters. The van der Waals surface area contributed by atoms with Crippen LogP contribution in [0.3, 0.4) is 0 Å². The van der Waals surface area contributed by atoms with Crippen LogP contribution < -0.4 is 10.5 Å². The molecule has 1 aromatic rings. The number of carbonyl (C=O) groups is 1. The first-order valence-electron chi connectivity index (χ1n) is 6.51. The molecule has 104 valence electrons. The van der Waals surface area contributed by atoms with Crippen molar-refractivity contribution in [3.63, 3.8) is 0 Å². The van der Waals surface area contributed by atoms with Crippen LogP contribution in [0.15, 0.2) is 6.07 Å². The van der Waals surface area contributed by atoms with E-state index in [2.05, 4.69) is 0 Å².